The van der Waals surface area contributed by atoms with Gasteiger partial charge in [0.1, 0.15) is 11.5 Å². The Morgan fingerprint density at radius 2 is 2.05 bits per heavy atom. The molecule has 1 heterocycles. The molecule has 2 rings (SSSR count). The zero-order chi connectivity index (χ0) is 16.3. The van der Waals surface area contributed by atoms with Gasteiger partial charge in [0.05, 0.1) is 12.7 Å². The van der Waals surface area contributed by atoms with E-state index in [1.54, 1.807) is 7.11 Å². The Hall–Kier alpha value is -2.76. The number of benzene rings is 1. The van der Waals surface area contributed by atoms with Crippen molar-refractivity contribution in [3.63, 3.8) is 0 Å². The van der Waals surface area contributed by atoms with Gasteiger partial charge in [0, 0.05) is 19.0 Å². The van der Waals surface area contributed by atoms with Gasteiger partial charge >= 0.3 is 0 Å². The number of primary amides is 1. The predicted molar refractivity (Wildman–Crippen MR) is 81.1 cm³/mol. The topological polar surface area (TPSA) is 94.6 Å². The molecule has 0 fully saturated rings. The van der Waals surface area contributed by atoms with Gasteiger partial charge in [-0.25, -0.2) is 0 Å². The zero-order valence-electron chi connectivity index (χ0n) is 12.7. The Morgan fingerprint density at radius 3 is 2.64 bits per heavy atom. The molecule has 6 nitrogen and oxygen atoms in total. The summed E-state index contributed by atoms with van der Waals surface area (Å²) in [6.45, 7) is 1.87. The number of furan rings is 1. The average molecular weight is 302 g/mol. The lowest BCUT2D eigenvalue weighted by molar-refractivity contribution is 0.0932. The number of hydrogen-bond acceptors (Lipinski definition) is 4. The maximum Gasteiger partial charge on any atom is 0.286 e. The van der Waals surface area contributed by atoms with Gasteiger partial charge < -0.3 is 20.2 Å². The van der Waals surface area contributed by atoms with Gasteiger partial charge in [-0.3, -0.25) is 9.59 Å². The fourth-order valence-corrected chi connectivity index (χ4v) is 2.22. The number of nitrogens with one attached hydrogen (secondary N) is 1. The van der Waals surface area contributed by atoms with Crippen LogP contribution < -0.4 is 15.8 Å². The first-order valence-electron chi connectivity index (χ1n) is 6.77. The molecule has 22 heavy (non-hydrogen) atoms. The summed E-state index contributed by atoms with van der Waals surface area (Å²) in [7, 11) is 3.06. The summed E-state index contributed by atoms with van der Waals surface area (Å²) in [4.78, 5) is 23.3. The lowest BCUT2D eigenvalue weighted by Gasteiger charge is -2.12. The SMILES string of the molecule is CNC(=O)c1cc(C(N)=O)c(C(C)c2cccc(OC)c2)o1. The molecule has 0 aliphatic rings. The van der Waals surface area contributed by atoms with Gasteiger partial charge in [-0.2, -0.15) is 0 Å². The van der Waals surface area contributed by atoms with Gasteiger partial charge in [-0.05, 0) is 17.7 Å². The molecule has 0 spiro atoms. The van der Waals surface area contributed by atoms with Crippen molar-refractivity contribution in [3.8, 4) is 5.75 Å². The zero-order valence-corrected chi connectivity index (χ0v) is 12.7. The van der Waals surface area contributed by atoms with Crippen molar-refractivity contribution < 1.29 is 18.7 Å². The highest BCUT2D eigenvalue weighted by Crippen LogP contribution is 2.31. The van der Waals surface area contributed by atoms with Crippen LogP contribution in [0.15, 0.2) is 34.7 Å². The summed E-state index contributed by atoms with van der Waals surface area (Å²) in [5.41, 5.74) is 6.48. The standard InChI is InChI=1S/C16H18N2O4/c1-9(10-5-4-6-11(7-10)21-3)14-12(15(17)19)8-13(22-14)16(20)18-2/h4-9H,1-3H3,(H2,17,19)(H,18,20). The van der Waals surface area contributed by atoms with Crippen LogP contribution in [0.4, 0.5) is 0 Å². The fourth-order valence-electron chi connectivity index (χ4n) is 2.22. The summed E-state index contributed by atoms with van der Waals surface area (Å²) in [6, 6.07) is 8.77. The molecule has 0 aliphatic carbocycles. The Labute approximate surface area is 128 Å². The molecule has 116 valence electrons. The van der Waals surface area contributed by atoms with E-state index in [-0.39, 0.29) is 17.2 Å². The molecule has 6 heteroatoms. The minimum absolute atomic E-state index is 0.0565. The number of amides is 2. The molecule has 0 saturated carbocycles. The summed E-state index contributed by atoms with van der Waals surface area (Å²) in [5.74, 6) is -0.185. The van der Waals surface area contributed by atoms with Crippen LogP contribution in [0.5, 0.6) is 5.75 Å². The van der Waals surface area contributed by atoms with E-state index >= 15 is 0 Å². The van der Waals surface area contributed by atoms with E-state index in [0.717, 1.165) is 5.56 Å². The number of rotatable bonds is 5. The van der Waals surface area contributed by atoms with Crippen molar-refractivity contribution in [3.05, 3.63) is 53.0 Å². The van der Waals surface area contributed by atoms with Crippen LogP contribution in [0.2, 0.25) is 0 Å². The number of carbonyl (C=O) groups is 2. The van der Waals surface area contributed by atoms with Crippen LogP contribution in [0, 0.1) is 0 Å². The first-order valence-corrected chi connectivity index (χ1v) is 6.77. The van der Waals surface area contributed by atoms with Crippen LogP contribution in [-0.4, -0.2) is 26.0 Å². The molecule has 1 aromatic carbocycles. The minimum Gasteiger partial charge on any atom is -0.497 e. The summed E-state index contributed by atoms with van der Waals surface area (Å²) >= 11 is 0. The minimum atomic E-state index is -0.636. The lowest BCUT2D eigenvalue weighted by Crippen LogP contribution is -2.17. The highest BCUT2D eigenvalue weighted by molar-refractivity contribution is 5.98. The molecule has 0 radical (unpaired) electrons. The molecule has 0 saturated heterocycles. The monoisotopic (exact) mass is 302 g/mol. The van der Waals surface area contributed by atoms with E-state index in [1.807, 2.05) is 31.2 Å². The second-order valence-corrected chi connectivity index (χ2v) is 4.83. The van der Waals surface area contributed by atoms with Gasteiger partial charge in [-0.1, -0.05) is 19.1 Å². The molecular weight excluding hydrogens is 284 g/mol. The fraction of sp³-hybridized carbons (Fsp3) is 0.250. The molecule has 0 bridgehead atoms. The molecule has 3 N–H and O–H groups in total. The number of ether oxygens (including phenoxy) is 1. The molecule has 0 aliphatic heterocycles. The van der Waals surface area contributed by atoms with Gasteiger partial charge in [0.2, 0.25) is 0 Å². The molecule has 2 aromatic rings. The molecule has 1 unspecified atom stereocenters. The normalized spacial score (nSPS) is 11.8. The average Bonchev–Trinajstić information content (AvgIpc) is 2.99. The van der Waals surface area contributed by atoms with Crippen LogP contribution in [-0.2, 0) is 0 Å². The van der Waals surface area contributed by atoms with Crippen molar-refractivity contribution in [2.75, 3.05) is 14.2 Å². The first kappa shape index (κ1) is 15.6. The summed E-state index contributed by atoms with van der Waals surface area (Å²) in [6.07, 6.45) is 0. The largest absolute Gasteiger partial charge is 0.497 e. The molecule has 1 atom stereocenters. The quantitative estimate of drug-likeness (QED) is 0.882. The predicted octanol–water partition coefficient (Wildman–Crippen LogP) is 1.90. The van der Waals surface area contributed by atoms with Crippen LogP contribution in [0.1, 0.15) is 45.1 Å². The van der Waals surface area contributed by atoms with Crippen molar-refractivity contribution in [1.82, 2.24) is 5.32 Å². The lowest BCUT2D eigenvalue weighted by atomic mass is 9.95. The smallest absolute Gasteiger partial charge is 0.286 e. The Balaban J connectivity index is 2.47. The van der Waals surface area contributed by atoms with E-state index in [4.69, 9.17) is 14.9 Å². The Kier molecular flexibility index (Phi) is 4.50. The third kappa shape index (κ3) is 2.95. The van der Waals surface area contributed by atoms with E-state index in [2.05, 4.69) is 5.32 Å². The Morgan fingerprint density at radius 1 is 1.32 bits per heavy atom. The number of hydrogen-bond donors (Lipinski definition) is 2. The van der Waals surface area contributed by atoms with E-state index in [9.17, 15) is 9.59 Å². The molecule has 2 amide bonds. The maximum absolute atomic E-state index is 11.7. The van der Waals surface area contributed by atoms with Crippen molar-refractivity contribution in [1.29, 1.82) is 0 Å². The highest BCUT2D eigenvalue weighted by atomic mass is 16.5. The van der Waals surface area contributed by atoms with E-state index in [1.165, 1.54) is 13.1 Å². The molecule has 1 aromatic heterocycles. The number of methoxy groups -OCH3 is 1. The first-order chi connectivity index (χ1) is 10.5. The summed E-state index contributed by atoms with van der Waals surface area (Å²) in [5, 5.41) is 2.45. The van der Waals surface area contributed by atoms with Gasteiger partial charge in [0.25, 0.3) is 11.8 Å². The van der Waals surface area contributed by atoms with Crippen molar-refractivity contribution >= 4 is 11.8 Å². The van der Waals surface area contributed by atoms with Crippen LogP contribution in [0.3, 0.4) is 0 Å². The van der Waals surface area contributed by atoms with Gasteiger partial charge in [-0.15, -0.1) is 0 Å². The second kappa shape index (κ2) is 6.34. The third-order valence-electron chi connectivity index (χ3n) is 3.46. The maximum atomic E-state index is 11.7. The van der Waals surface area contributed by atoms with E-state index < -0.39 is 11.8 Å². The van der Waals surface area contributed by atoms with E-state index in [0.29, 0.717) is 11.5 Å². The third-order valence-corrected chi connectivity index (χ3v) is 3.46. The van der Waals surface area contributed by atoms with Gasteiger partial charge in [0.15, 0.2) is 5.76 Å². The second-order valence-electron chi connectivity index (χ2n) is 4.83. The van der Waals surface area contributed by atoms with Crippen LogP contribution >= 0.6 is 0 Å². The molecular formula is C16H18N2O4. The summed E-state index contributed by atoms with van der Waals surface area (Å²) < 4.78 is 10.8. The van der Waals surface area contributed by atoms with Crippen molar-refractivity contribution in [2.45, 2.75) is 12.8 Å². The number of carbonyl (C=O) groups excluding carboxylic acids is 2. The Bertz CT molecular complexity index is 706. The number of nitrogens with two attached hydrogens (primary N) is 1. The highest BCUT2D eigenvalue weighted by Gasteiger charge is 2.24. The van der Waals surface area contributed by atoms with Crippen LogP contribution in [0.25, 0.3) is 0 Å². The van der Waals surface area contributed by atoms with Crippen molar-refractivity contribution in [2.24, 2.45) is 5.73 Å².